The molecule has 3 atom stereocenters. The van der Waals surface area contributed by atoms with Crippen LogP contribution in [0.1, 0.15) is 187 Å². The molecule has 0 aromatic carbocycles. The number of aliphatic hydroxyl groups is 1. The van der Waals surface area contributed by atoms with E-state index in [1.807, 2.05) is 27.2 Å². The Morgan fingerprint density at radius 3 is 1.54 bits per heavy atom. The number of unbranched alkanes of at least 4 members (excludes halogenated alkanes) is 20. The highest BCUT2D eigenvalue weighted by molar-refractivity contribution is 7.45. The number of hydrogen-bond donors (Lipinski definition) is 2. The molecule has 1 amide bonds. The summed E-state index contributed by atoms with van der Waals surface area (Å²) in [5.74, 6) is -0.208. The second kappa shape index (κ2) is 39.6. The Kier molecular flexibility index (Phi) is 38.4. The van der Waals surface area contributed by atoms with Gasteiger partial charge in [-0.2, -0.15) is 0 Å². The molecule has 0 saturated carbocycles. The molecular formula is C48H89N2O6P. The summed E-state index contributed by atoms with van der Waals surface area (Å²) in [4.78, 5) is 25.0. The van der Waals surface area contributed by atoms with Gasteiger partial charge >= 0.3 is 0 Å². The molecule has 0 radical (unpaired) electrons. The Hall–Kier alpha value is -1.80. The minimum absolute atomic E-state index is 0.00309. The smallest absolute Gasteiger partial charge is 0.268 e. The molecule has 2 N–H and O–H groups in total. The fourth-order valence-electron chi connectivity index (χ4n) is 6.31. The number of phosphoric acid groups is 1. The minimum atomic E-state index is -4.57. The number of allylic oxidation sites excluding steroid dienone is 9. The van der Waals surface area contributed by atoms with E-state index in [1.54, 1.807) is 6.08 Å². The second-order valence-corrected chi connectivity index (χ2v) is 18.1. The molecule has 0 saturated heterocycles. The predicted molar refractivity (Wildman–Crippen MR) is 242 cm³/mol. The summed E-state index contributed by atoms with van der Waals surface area (Å²) in [7, 11) is 1.25. The lowest BCUT2D eigenvalue weighted by molar-refractivity contribution is -0.870. The number of rotatable bonds is 41. The van der Waals surface area contributed by atoms with Crippen LogP contribution < -0.4 is 10.2 Å². The molecule has 0 fully saturated rings. The molecule has 0 bridgehead atoms. The van der Waals surface area contributed by atoms with Crippen LogP contribution in [0.5, 0.6) is 0 Å². The number of amides is 1. The van der Waals surface area contributed by atoms with Gasteiger partial charge in [0.05, 0.1) is 39.9 Å². The molecule has 0 heterocycles. The van der Waals surface area contributed by atoms with Gasteiger partial charge in [-0.05, 0) is 51.4 Å². The van der Waals surface area contributed by atoms with E-state index in [9.17, 15) is 19.4 Å². The molecule has 0 aliphatic rings. The molecule has 9 heteroatoms. The van der Waals surface area contributed by atoms with E-state index in [4.69, 9.17) is 9.05 Å². The molecular weight excluding hydrogens is 732 g/mol. The van der Waals surface area contributed by atoms with Gasteiger partial charge in [-0.25, -0.2) is 0 Å². The first-order chi connectivity index (χ1) is 27.5. The maximum atomic E-state index is 12.7. The number of aliphatic hydroxyl groups excluding tert-OH is 1. The molecule has 0 aromatic rings. The van der Waals surface area contributed by atoms with Crippen molar-refractivity contribution in [3.63, 3.8) is 0 Å². The van der Waals surface area contributed by atoms with Gasteiger partial charge in [-0.15, -0.1) is 0 Å². The third-order valence-electron chi connectivity index (χ3n) is 9.98. The van der Waals surface area contributed by atoms with Gasteiger partial charge < -0.3 is 28.8 Å². The Bertz CT molecular complexity index is 1110. The van der Waals surface area contributed by atoms with Crippen molar-refractivity contribution < 1.29 is 32.9 Å². The number of nitrogens with one attached hydrogen (secondary N) is 1. The zero-order valence-electron chi connectivity index (χ0n) is 37.5. The number of quaternary nitrogens is 1. The number of carbonyl (C=O) groups is 1. The molecule has 57 heavy (non-hydrogen) atoms. The average molecular weight is 821 g/mol. The molecule has 0 aliphatic carbocycles. The maximum Gasteiger partial charge on any atom is 0.268 e. The Balaban J connectivity index is 3.82. The van der Waals surface area contributed by atoms with Gasteiger partial charge in [-0.1, -0.05) is 190 Å². The summed E-state index contributed by atoms with van der Waals surface area (Å²) in [6.07, 6.45) is 52.2. The zero-order chi connectivity index (χ0) is 42.1. The molecule has 0 rings (SSSR count). The maximum absolute atomic E-state index is 12.7. The largest absolute Gasteiger partial charge is 0.756 e. The van der Waals surface area contributed by atoms with Crippen molar-refractivity contribution in [3.05, 3.63) is 60.8 Å². The summed E-state index contributed by atoms with van der Waals surface area (Å²) >= 11 is 0. The fraction of sp³-hybridized carbons (Fsp3) is 0.771. The van der Waals surface area contributed by atoms with E-state index < -0.39 is 20.0 Å². The first-order valence-corrected chi connectivity index (χ1v) is 24.6. The van der Waals surface area contributed by atoms with E-state index in [0.717, 1.165) is 64.2 Å². The lowest BCUT2D eigenvalue weighted by Gasteiger charge is -2.29. The second-order valence-electron chi connectivity index (χ2n) is 16.7. The quantitative estimate of drug-likeness (QED) is 0.0275. The van der Waals surface area contributed by atoms with Crippen molar-refractivity contribution in [2.24, 2.45) is 0 Å². The van der Waals surface area contributed by atoms with Crippen molar-refractivity contribution in [1.82, 2.24) is 5.32 Å². The van der Waals surface area contributed by atoms with Crippen LogP contribution in [0.2, 0.25) is 0 Å². The topological polar surface area (TPSA) is 108 Å². The number of nitrogens with zero attached hydrogens (tertiary/aromatic N) is 1. The van der Waals surface area contributed by atoms with Crippen LogP contribution in [0.4, 0.5) is 0 Å². The molecule has 0 aliphatic heterocycles. The summed E-state index contributed by atoms with van der Waals surface area (Å²) in [5.41, 5.74) is 0. The average Bonchev–Trinajstić information content (AvgIpc) is 3.16. The minimum Gasteiger partial charge on any atom is -0.756 e. The zero-order valence-corrected chi connectivity index (χ0v) is 38.4. The van der Waals surface area contributed by atoms with Crippen molar-refractivity contribution in [1.29, 1.82) is 0 Å². The monoisotopic (exact) mass is 821 g/mol. The highest BCUT2D eigenvalue weighted by Gasteiger charge is 2.23. The first-order valence-electron chi connectivity index (χ1n) is 23.2. The lowest BCUT2D eigenvalue weighted by atomic mass is 10.0. The standard InChI is InChI=1S/C48H89N2O6P/c1-6-8-10-12-13-14-15-16-17-18-19-20-21-22-23-24-25-26-27-28-29-30-31-32-33-34-35-36-37-38-40-42-48(52)49-46(47(51)41-39-11-9-7-2)45-56-57(53,54)55-44-43-50(3,4)5/h8,10,13-14,16-17,19-20,39,41,46-47,51H,6-7,9,11-12,15,18,21-38,40,42-45H2,1-5H3,(H-,49,52,53,54)/b10-8-,14-13-,17-16-,20-19-,41-39+. The van der Waals surface area contributed by atoms with Crippen molar-refractivity contribution in [2.75, 3.05) is 40.9 Å². The SMILES string of the molecule is CC/C=C\C/C=C\C/C=C\C/C=C\CCCCCCCCCCCCCCCCCCCCC(=O)NC(COP(=O)([O-])OCC[N+](C)(C)C)C(O)/C=C/CCCC. The highest BCUT2D eigenvalue weighted by Crippen LogP contribution is 2.38. The van der Waals surface area contributed by atoms with E-state index in [0.29, 0.717) is 17.4 Å². The van der Waals surface area contributed by atoms with Crippen LogP contribution in [-0.2, 0) is 18.4 Å². The van der Waals surface area contributed by atoms with E-state index in [-0.39, 0.29) is 19.1 Å². The fourth-order valence-corrected chi connectivity index (χ4v) is 7.03. The van der Waals surface area contributed by atoms with Gasteiger partial charge in [0, 0.05) is 6.42 Å². The van der Waals surface area contributed by atoms with Gasteiger partial charge in [-0.3, -0.25) is 9.36 Å². The number of likely N-dealkylation sites (N-methyl/N-ethyl adjacent to an activating group) is 1. The van der Waals surface area contributed by atoms with Gasteiger partial charge in [0.1, 0.15) is 13.2 Å². The van der Waals surface area contributed by atoms with Crippen LogP contribution in [0.15, 0.2) is 60.8 Å². The third kappa shape index (κ3) is 42.1. The molecule has 8 nitrogen and oxygen atoms in total. The first kappa shape index (κ1) is 55.2. The van der Waals surface area contributed by atoms with Gasteiger partial charge in [0.25, 0.3) is 7.82 Å². The van der Waals surface area contributed by atoms with Crippen LogP contribution in [0.3, 0.4) is 0 Å². The van der Waals surface area contributed by atoms with E-state index in [2.05, 4.69) is 67.8 Å². The van der Waals surface area contributed by atoms with Crippen molar-refractivity contribution in [2.45, 2.75) is 199 Å². The molecule has 3 unspecified atom stereocenters. The third-order valence-corrected chi connectivity index (χ3v) is 10.9. The van der Waals surface area contributed by atoms with Crippen molar-refractivity contribution >= 4 is 13.7 Å². The predicted octanol–water partition coefficient (Wildman–Crippen LogP) is 12.4. The summed E-state index contributed by atoms with van der Waals surface area (Å²) in [5, 5.41) is 13.5. The van der Waals surface area contributed by atoms with Crippen LogP contribution in [0, 0.1) is 0 Å². The number of phosphoric ester groups is 1. The summed E-state index contributed by atoms with van der Waals surface area (Å²) < 4.78 is 22.9. The van der Waals surface area contributed by atoms with Crippen LogP contribution in [-0.4, -0.2) is 68.5 Å². The summed E-state index contributed by atoms with van der Waals surface area (Å²) in [6.45, 7) is 4.37. The normalized spacial score (nSPS) is 14.9. The Morgan fingerprint density at radius 1 is 0.632 bits per heavy atom. The van der Waals surface area contributed by atoms with Crippen LogP contribution in [0.25, 0.3) is 0 Å². The van der Waals surface area contributed by atoms with Gasteiger partial charge in [0.2, 0.25) is 5.91 Å². The van der Waals surface area contributed by atoms with Crippen molar-refractivity contribution in [3.8, 4) is 0 Å². The molecule has 0 aromatic heterocycles. The molecule has 0 spiro atoms. The number of hydrogen-bond acceptors (Lipinski definition) is 6. The van der Waals surface area contributed by atoms with Gasteiger partial charge in [0.15, 0.2) is 0 Å². The Labute approximate surface area is 351 Å². The summed E-state index contributed by atoms with van der Waals surface area (Å²) in [6, 6.07) is -0.882. The van der Waals surface area contributed by atoms with E-state index >= 15 is 0 Å². The van der Waals surface area contributed by atoms with E-state index in [1.165, 1.54) is 103 Å². The molecule has 332 valence electrons. The highest BCUT2D eigenvalue weighted by atomic mass is 31.2. The lowest BCUT2D eigenvalue weighted by Crippen LogP contribution is -2.45. The van der Waals surface area contributed by atoms with Crippen LogP contribution >= 0.6 is 7.82 Å². The number of carbonyl (C=O) groups excluding carboxylic acids is 1. The Morgan fingerprint density at radius 2 is 1.07 bits per heavy atom.